The highest BCUT2D eigenvalue weighted by Gasteiger charge is 2.35. The number of rotatable bonds is 2. The Bertz CT molecular complexity index is 543. The molecule has 0 bridgehead atoms. The van der Waals surface area contributed by atoms with Crippen molar-refractivity contribution in [2.45, 2.75) is 25.1 Å². The number of hydrogen-bond acceptors (Lipinski definition) is 4. The predicted molar refractivity (Wildman–Crippen MR) is 64.5 cm³/mol. The topological polar surface area (TPSA) is 59.1 Å². The van der Waals surface area contributed by atoms with E-state index in [1.54, 1.807) is 0 Å². The lowest BCUT2D eigenvalue weighted by molar-refractivity contribution is -0.137. The van der Waals surface area contributed by atoms with Gasteiger partial charge in [0, 0.05) is 12.2 Å². The van der Waals surface area contributed by atoms with Gasteiger partial charge in [-0.1, -0.05) is 0 Å². The fraction of sp³-hybridized carbons (Fsp3) is 0.545. The van der Waals surface area contributed by atoms with E-state index in [1.807, 2.05) is 0 Å². The number of nitrogens with zero attached hydrogens (tertiary/aromatic N) is 1. The Balaban J connectivity index is 2.12. The van der Waals surface area contributed by atoms with Crippen LogP contribution in [0.2, 0.25) is 0 Å². The molecule has 1 aromatic heterocycles. The van der Waals surface area contributed by atoms with E-state index in [-0.39, 0.29) is 23.4 Å². The van der Waals surface area contributed by atoms with Crippen LogP contribution in [0, 0.1) is 0 Å². The zero-order valence-corrected chi connectivity index (χ0v) is 10.8. The lowest BCUT2D eigenvalue weighted by Crippen LogP contribution is -2.33. The first-order valence-corrected chi connectivity index (χ1v) is 7.59. The molecule has 0 aromatic carbocycles. The van der Waals surface area contributed by atoms with Crippen LogP contribution < -0.4 is 5.32 Å². The van der Waals surface area contributed by atoms with Crippen LogP contribution in [-0.2, 0) is 16.0 Å². The van der Waals surface area contributed by atoms with Crippen LogP contribution in [0.25, 0.3) is 0 Å². The quantitative estimate of drug-likeness (QED) is 0.907. The minimum atomic E-state index is -4.47. The van der Waals surface area contributed by atoms with Crippen LogP contribution >= 0.6 is 0 Å². The number of alkyl halides is 3. The van der Waals surface area contributed by atoms with Crippen molar-refractivity contribution in [1.29, 1.82) is 0 Å². The second-order valence-corrected chi connectivity index (χ2v) is 6.77. The summed E-state index contributed by atoms with van der Waals surface area (Å²) in [4.78, 5) is 3.70. The molecule has 1 N–H and O–H groups in total. The molecule has 1 aliphatic rings. The molecule has 2 heterocycles. The SMILES string of the molecule is O=S1(=O)CCC(Nc2ncccc2C(F)(F)F)CC1. The Morgan fingerprint density at radius 1 is 1.26 bits per heavy atom. The molecule has 19 heavy (non-hydrogen) atoms. The van der Waals surface area contributed by atoms with Gasteiger partial charge in [-0.15, -0.1) is 0 Å². The maximum atomic E-state index is 12.7. The molecule has 0 amide bonds. The van der Waals surface area contributed by atoms with E-state index in [0.29, 0.717) is 12.8 Å². The molecule has 1 aromatic rings. The van der Waals surface area contributed by atoms with Crippen molar-refractivity contribution >= 4 is 15.7 Å². The molecule has 8 heteroatoms. The maximum absolute atomic E-state index is 12.7. The van der Waals surface area contributed by atoms with Gasteiger partial charge in [0.25, 0.3) is 0 Å². The third-order valence-corrected chi connectivity index (χ3v) is 4.72. The predicted octanol–water partition coefficient (Wildman–Crippen LogP) is 2.09. The van der Waals surface area contributed by atoms with Crippen molar-refractivity contribution in [2.75, 3.05) is 16.8 Å². The molecule has 0 spiro atoms. The normalized spacial score (nSPS) is 20.2. The number of hydrogen-bond donors (Lipinski definition) is 1. The highest BCUT2D eigenvalue weighted by molar-refractivity contribution is 7.91. The number of pyridine rings is 1. The van der Waals surface area contributed by atoms with Gasteiger partial charge >= 0.3 is 6.18 Å². The van der Waals surface area contributed by atoms with Crippen molar-refractivity contribution in [3.05, 3.63) is 23.9 Å². The fourth-order valence-corrected chi connectivity index (χ4v) is 3.47. The first-order chi connectivity index (χ1) is 8.78. The Kier molecular flexibility index (Phi) is 3.71. The van der Waals surface area contributed by atoms with E-state index in [4.69, 9.17) is 0 Å². The van der Waals surface area contributed by atoms with Gasteiger partial charge in [0.2, 0.25) is 0 Å². The van der Waals surface area contributed by atoms with Crippen molar-refractivity contribution in [3.8, 4) is 0 Å². The molecule has 4 nitrogen and oxygen atoms in total. The van der Waals surface area contributed by atoms with E-state index in [9.17, 15) is 21.6 Å². The maximum Gasteiger partial charge on any atom is 0.419 e. The molecule has 0 radical (unpaired) electrons. The van der Waals surface area contributed by atoms with Crippen LogP contribution in [0.15, 0.2) is 18.3 Å². The van der Waals surface area contributed by atoms with Crippen molar-refractivity contribution < 1.29 is 21.6 Å². The Morgan fingerprint density at radius 3 is 2.47 bits per heavy atom. The zero-order chi connectivity index (χ0) is 14.1. The largest absolute Gasteiger partial charge is 0.419 e. The number of nitrogens with one attached hydrogen (secondary N) is 1. The molecule has 1 aliphatic heterocycles. The van der Waals surface area contributed by atoms with Crippen molar-refractivity contribution in [3.63, 3.8) is 0 Å². The summed E-state index contributed by atoms with van der Waals surface area (Å²) >= 11 is 0. The highest BCUT2D eigenvalue weighted by atomic mass is 32.2. The number of aromatic nitrogens is 1. The smallest absolute Gasteiger partial charge is 0.367 e. The van der Waals surface area contributed by atoms with Crippen LogP contribution in [0.5, 0.6) is 0 Å². The van der Waals surface area contributed by atoms with E-state index in [2.05, 4.69) is 10.3 Å². The monoisotopic (exact) mass is 294 g/mol. The van der Waals surface area contributed by atoms with Gasteiger partial charge in [-0.05, 0) is 25.0 Å². The first kappa shape index (κ1) is 14.1. The van der Waals surface area contributed by atoms with Crippen LogP contribution in [-0.4, -0.2) is 30.9 Å². The lowest BCUT2D eigenvalue weighted by atomic mass is 10.1. The van der Waals surface area contributed by atoms with Gasteiger partial charge < -0.3 is 5.32 Å². The van der Waals surface area contributed by atoms with Crippen molar-refractivity contribution in [2.24, 2.45) is 0 Å². The van der Waals surface area contributed by atoms with Crippen LogP contribution in [0.3, 0.4) is 0 Å². The summed E-state index contributed by atoms with van der Waals surface area (Å²) in [5.74, 6) is -0.239. The van der Waals surface area contributed by atoms with Gasteiger partial charge in [-0.3, -0.25) is 0 Å². The van der Waals surface area contributed by atoms with Gasteiger partial charge in [0.1, 0.15) is 15.7 Å². The van der Waals surface area contributed by atoms with Crippen LogP contribution in [0.1, 0.15) is 18.4 Å². The molecular weight excluding hydrogens is 281 g/mol. The second-order valence-electron chi connectivity index (χ2n) is 4.47. The molecule has 0 saturated carbocycles. The molecule has 2 rings (SSSR count). The first-order valence-electron chi connectivity index (χ1n) is 5.77. The van der Waals surface area contributed by atoms with Crippen LogP contribution in [0.4, 0.5) is 19.0 Å². The summed E-state index contributed by atoms with van der Waals surface area (Å²) in [5.41, 5.74) is -0.830. The van der Waals surface area contributed by atoms with Gasteiger partial charge in [0.15, 0.2) is 0 Å². The molecule has 1 saturated heterocycles. The summed E-state index contributed by atoms with van der Waals surface area (Å²) in [6, 6.07) is 1.88. The van der Waals surface area contributed by atoms with Gasteiger partial charge in [-0.2, -0.15) is 13.2 Å². The molecule has 0 atom stereocenters. The fourth-order valence-electron chi connectivity index (χ4n) is 1.98. The van der Waals surface area contributed by atoms with E-state index in [1.165, 1.54) is 12.3 Å². The Morgan fingerprint density at radius 2 is 1.89 bits per heavy atom. The summed E-state index contributed by atoms with van der Waals surface area (Å²) in [5, 5.41) is 2.70. The number of halogens is 3. The molecule has 106 valence electrons. The van der Waals surface area contributed by atoms with E-state index >= 15 is 0 Å². The Hall–Kier alpha value is -1.31. The zero-order valence-electron chi connectivity index (χ0n) is 9.94. The standard InChI is InChI=1S/C11H13F3N2O2S/c12-11(13,14)9-2-1-5-15-10(9)16-8-3-6-19(17,18)7-4-8/h1-2,5,8H,3-4,6-7H2,(H,15,16). The minimum Gasteiger partial charge on any atom is -0.367 e. The van der Waals surface area contributed by atoms with Gasteiger partial charge in [-0.25, -0.2) is 13.4 Å². The molecule has 1 fully saturated rings. The number of sulfone groups is 1. The summed E-state index contributed by atoms with van der Waals surface area (Å²) in [6.45, 7) is 0. The van der Waals surface area contributed by atoms with E-state index in [0.717, 1.165) is 6.07 Å². The third kappa shape index (κ3) is 3.59. The third-order valence-electron chi connectivity index (χ3n) is 3.01. The Labute approximate surface area is 109 Å². The van der Waals surface area contributed by atoms with Crippen molar-refractivity contribution in [1.82, 2.24) is 4.98 Å². The number of anilines is 1. The average Bonchev–Trinajstić information content (AvgIpc) is 2.31. The summed E-state index contributed by atoms with van der Waals surface area (Å²) in [6.07, 6.45) is -2.60. The molecule has 0 unspecified atom stereocenters. The van der Waals surface area contributed by atoms with E-state index < -0.39 is 21.6 Å². The summed E-state index contributed by atoms with van der Waals surface area (Å²) < 4.78 is 60.8. The molecular formula is C11H13F3N2O2S. The van der Waals surface area contributed by atoms with Gasteiger partial charge in [0.05, 0.1) is 17.1 Å². The second kappa shape index (κ2) is 4.99. The highest BCUT2D eigenvalue weighted by Crippen LogP contribution is 2.34. The minimum absolute atomic E-state index is 0.00114. The molecule has 0 aliphatic carbocycles. The lowest BCUT2D eigenvalue weighted by Gasteiger charge is -2.24. The summed E-state index contributed by atoms with van der Waals surface area (Å²) in [7, 11) is -3.03. The average molecular weight is 294 g/mol.